The van der Waals surface area contributed by atoms with E-state index in [2.05, 4.69) is 74.7 Å². The molecule has 0 spiro atoms. The summed E-state index contributed by atoms with van der Waals surface area (Å²) in [7, 11) is 0. The monoisotopic (exact) mass is 520 g/mol. The van der Waals surface area contributed by atoms with E-state index >= 15 is 0 Å². The molecule has 3 rings (SSSR count). The quantitative estimate of drug-likeness (QED) is 0.217. The Hall–Kier alpha value is -2.76. The fourth-order valence-electron chi connectivity index (χ4n) is 3.76. The summed E-state index contributed by atoms with van der Waals surface area (Å²) in [5.74, 6) is -0.0911. The van der Waals surface area contributed by atoms with Crippen molar-refractivity contribution in [2.45, 2.75) is 77.0 Å². The maximum atomic E-state index is 12.9. The maximum Gasteiger partial charge on any atom is 0.257 e. The second-order valence-electron chi connectivity index (χ2n) is 8.95. The summed E-state index contributed by atoms with van der Waals surface area (Å²) in [4.78, 5) is 14.0. The van der Waals surface area contributed by atoms with Crippen LogP contribution in [0.1, 0.15) is 87.2 Å². The van der Waals surface area contributed by atoms with Gasteiger partial charge in [0.25, 0.3) is 5.91 Å². The summed E-state index contributed by atoms with van der Waals surface area (Å²) < 4.78 is 5.13. The van der Waals surface area contributed by atoms with Gasteiger partial charge in [0.2, 0.25) is 0 Å². The molecule has 5 heteroatoms. The predicted molar refractivity (Wildman–Crippen MR) is 160 cm³/mol. The number of carbonyl (C=O) groups is 1. The number of amides is 1. The van der Waals surface area contributed by atoms with E-state index in [4.69, 9.17) is 4.74 Å². The van der Waals surface area contributed by atoms with Gasteiger partial charge in [-0.25, -0.2) is 0 Å². The lowest BCUT2D eigenvalue weighted by Gasteiger charge is -2.13. The molecule has 0 aliphatic carbocycles. The van der Waals surface area contributed by atoms with Crippen molar-refractivity contribution < 1.29 is 9.53 Å². The number of aryl methyl sites for hydroxylation is 1. The fraction of sp³-hybridized carbons (Fsp3) is 0.406. The van der Waals surface area contributed by atoms with Gasteiger partial charge in [0.05, 0.1) is 11.3 Å². The van der Waals surface area contributed by atoms with Gasteiger partial charge in [0, 0.05) is 23.8 Å². The zero-order chi connectivity index (χ0) is 26.9. The molecule has 1 aliphatic heterocycles. The first-order valence-electron chi connectivity index (χ1n) is 13.6. The van der Waals surface area contributed by atoms with Crippen LogP contribution < -0.4 is 10.6 Å². The third-order valence-corrected chi connectivity index (χ3v) is 6.75. The van der Waals surface area contributed by atoms with Crippen LogP contribution in [0.5, 0.6) is 0 Å². The average Bonchev–Trinajstić information content (AvgIpc) is 3.34. The molecule has 0 saturated carbocycles. The largest absolute Gasteiger partial charge is 0.381 e. The zero-order valence-corrected chi connectivity index (χ0v) is 24.0. The van der Waals surface area contributed by atoms with Crippen LogP contribution in [0.25, 0.3) is 0 Å². The highest BCUT2D eigenvalue weighted by Crippen LogP contribution is 2.48. The number of benzene rings is 2. The van der Waals surface area contributed by atoms with E-state index in [0.717, 1.165) is 61.6 Å². The molecule has 0 saturated heterocycles. The molecule has 1 atom stereocenters. The molecule has 1 heterocycles. The normalized spacial score (nSPS) is 14.8. The van der Waals surface area contributed by atoms with Crippen LogP contribution in [0.3, 0.4) is 0 Å². The Morgan fingerprint density at radius 2 is 1.76 bits per heavy atom. The van der Waals surface area contributed by atoms with E-state index < -0.39 is 0 Å². The number of carbonyl (C=O) groups excluding carboxylic acids is 1. The SMILES string of the molecule is CC/C=C/C=C\C=C(/C)NC(=O)c1cccc2c1NC(c1cccc(CCC)c1)S2.CCCOCCC. The third kappa shape index (κ3) is 10.6. The van der Waals surface area contributed by atoms with Crippen LogP contribution in [0.15, 0.2) is 83.4 Å². The Bertz CT molecular complexity index is 1050. The van der Waals surface area contributed by atoms with Crippen molar-refractivity contribution in [3.63, 3.8) is 0 Å². The molecular weight excluding hydrogens is 476 g/mol. The number of hydrogen-bond acceptors (Lipinski definition) is 4. The first-order chi connectivity index (χ1) is 18.0. The van der Waals surface area contributed by atoms with Crippen molar-refractivity contribution in [1.29, 1.82) is 0 Å². The standard InChI is InChI=1S/C26H30N2OS.C6H14O/c1-4-6-7-8-9-13-19(3)27-25(29)22-16-11-17-23-24(22)28-26(30-23)21-15-10-14-20(18-21)12-5-2;1-3-5-7-6-4-2/h6-11,13-18,26,28H,4-5,12H2,1-3H3,(H,27,29);3-6H2,1-2H3/b7-6+,9-8-,19-13+;. The van der Waals surface area contributed by atoms with E-state index in [0.29, 0.717) is 5.56 Å². The topological polar surface area (TPSA) is 50.4 Å². The molecule has 200 valence electrons. The van der Waals surface area contributed by atoms with Gasteiger partial charge in [0.15, 0.2) is 0 Å². The van der Waals surface area contributed by atoms with Crippen LogP contribution in [0, 0.1) is 0 Å². The lowest BCUT2D eigenvalue weighted by atomic mass is 10.1. The molecule has 37 heavy (non-hydrogen) atoms. The number of para-hydroxylation sites is 1. The van der Waals surface area contributed by atoms with Crippen molar-refractivity contribution in [2.75, 3.05) is 18.5 Å². The summed E-state index contributed by atoms with van der Waals surface area (Å²) in [6, 6.07) is 14.6. The highest BCUT2D eigenvalue weighted by molar-refractivity contribution is 8.00. The van der Waals surface area contributed by atoms with Gasteiger partial charge in [-0.2, -0.15) is 0 Å². The molecular formula is C32H44N2O2S. The van der Waals surface area contributed by atoms with Gasteiger partial charge in [0.1, 0.15) is 5.37 Å². The maximum absolute atomic E-state index is 12.9. The molecule has 1 unspecified atom stereocenters. The predicted octanol–water partition coefficient (Wildman–Crippen LogP) is 8.83. The van der Waals surface area contributed by atoms with Gasteiger partial charge in [-0.1, -0.05) is 101 Å². The third-order valence-electron chi connectivity index (χ3n) is 5.53. The Morgan fingerprint density at radius 1 is 1.00 bits per heavy atom. The zero-order valence-electron chi connectivity index (χ0n) is 23.2. The molecule has 0 aromatic heterocycles. The Morgan fingerprint density at radius 3 is 2.46 bits per heavy atom. The molecule has 2 aromatic carbocycles. The highest BCUT2D eigenvalue weighted by atomic mass is 32.2. The fourth-order valence-corrected chi connectivity index (χ4v) is 4.92. The van der Waals surface area contributed by atoms with Crippen molar-refractivity contribution in [3.8, 4) is 0 Å². The van der Waals surface area contributed by atoms with Crippen LogP contribution in [0.2, 0.25) is 0 Å². The summed E-state index contributed by atoms with van der Waals surface area (Å²) in [6.07, 6.45) is 15.4. The lowest BCUT2D eigenvalue weighted by molar-refractivity contribution is 0.0966. The Kier molecular flexibility index (Phi) is 14.5. The number of fused-ring (bicyclic) bond motifs is 1. The van der Waals surface area contributed by atoms with Gasteiger partial charge in [-0.05, 0) is 61.9 Å². The molecule has 2 N–H and O–H groups in total. The second kappa shape index (κ2) is 17.7. The van der Waals surface area contributed by atoms with Crippen molar-refractivity contribution in [1.82, 2.24) is 5.32 Å². The van der Waals surface area contributed by atoms with E-state index in [-0.39, 0.29) is 11.3 Å². The smallest absolute Gasteiger partial charge is 0.257 e. The number of nitrogens with one attached hydrogen (secondary N) is 2. The number of hydrogen-bond donors (Lipinski definition) is 2. The van der Waals surface area contributed by atoms with E-state index in [1.54, 1.807) is 11.8 Å². The first kappa shape index (κ1) is 30.5. The summed E-state index contributed by atoms with van der Waals surface area (Å²) >= 11 is 1.76. The van der Waals surface area contributed by atoms with Gasteiger partial charge in [-0.15, -0.1) is 0 Å². The van der Waals surface area contributed by atoms with Crippen molar-refractivity contribution in [3.05, 3.63) is 95.2 Å². The molecule has 0 radical (unpaired) electrons. The molecule has 1 amide bonds. The molecule has 2 aromatic rings. The van der Waals surface area contributed by atoms with Gasteiger partial charge < -0.3 is 15.4 Å². The van der Waals surface area contributed by atoms with Crippen LogP contribution in [-0.2, 0) is 11.2 Å². The molecule has 0 fully saturated rings. The number of anilines is 1. The number of rotatable bonds is 12. The lowest BCUT2D eigenvalue weighted by Crippen LogP contribution is -2.22. The Balaban J connectivity index is 0.000000604. The first-order valence-corrected chi connectivity index (χ1v) is 14.5. The minimum atomic E-state index is -0.0911. The van der Waals surface area contributed by atoms with Crippen molar-refractivity contribution >= 4 is 23.4 Å². The van der Waals surface area contributed by atoms with Crippen LogP contribution >= 0.6 is 11.8 Å². The van der Waals surface area contributed by atoms with E-state index in [1.165, 1.54) is 11.1 Å². The highest BCUT2D eigenvalue weighted by Gasteiger charge is 2.27. The number of allylic oxidation sites excluding steroid dienone is 6. The van der Waals surface area contributed by atoms with Crippen molar-refractivity contribution in [2.24, 2.45) is 0 Å². The molecule has 4 nitrogen and oxygen atoms in total. The molecule has 0 bridgehead atoms. The second-order valence-corrected chi connectivity index (χ2v) is 10.1. The van der Waals surface area contributed by atoms with E-state index in [1.807, 2.05) is 43.4 Å². The van der Waals surface area contributed by atoms with Gasteiger partial charge >= 0.3 is 0 Å². The average molecular weight is 521 g/mol. The molecule has 1 aliphatic rings. The van der Waals surface area contributed by atoms with Crippen LogP contribution in [0.4, 0.5) is 5.69 Å². The summed E-state index contributed by atoms with van der Waals surface area (Å²) in [5.41, 5.74) is 5.01. The minimum Gasteiger partial charge on any atom is -0.381 e. The van der Waals surface area contributed by atoms with E-state index in [9.17, 15) is 4.79 Å². The number of ether oxygens (including phenoxy) is 1. The Labute approximate surface area is 228 Å². The number of thioether (sulfide) groups is 1. The van der Waals surface area contributed by atoms with Crippen LogP contribution in [-0.4, -0.2) is 19.1 Å². The minimum absolute atomic E-state index is 0.0911. The summed E-state index contributed by atoms with van der Waals surface area (Å²) in [6.45, 7) is 12.3. The summed E-state index contributed by atoms with van der Waals surface area (Å²) in [5, 5.41) is 6.68. The van der Waals surface area contributed by atoms with Gasteiger partial charge in [-0.3, -0.25) is 4.79 Å².